The third-order valence-electron chi connectivity index (χ3n) is 2.29. The van der Waals surface area contributed by atoms with Crippen molar-refractivity contribution in [3.05, 3.63) is 23.2 Å². The molecule has 3 N–H and O–H groups in total. The van der Waals surface area contributed by atoms with Crippen LogP contribution in [0.2, 0.25) is 5.02 Å². The lowest BCUT2D eigenvalue weighted by atomic mass is 10.0. The molecule has 1 aromatic rings. The van der Waals surface area contributed by atoms with Crippen LogP contribution in [0.15, 0.2) is 18.2 Å². The molecule has 19 heavy (non-hydrogen) atoms. The molecule has 106 valence electrons. The first kappa shape index (κ1) is 15.8. The average Bonchev–Trinajstić information content (AvgIpc) is 2.25. The smallest absolute Gasteiger partial charge is 0.226 e. The number of hydrogen-bond donors (Lipinski definition) is 2. The lowest BCUT2D eigenvalue weighted by Gasteiger charge is -2.18. The summed E-state index contributed by atoms with van der Waals surface area (Å²) >= 11 is 5.94. The number of benzene rings is 1. The predicted molar refractivity (Wildman–Crippen MR) is 78.8 cm³/mol. The number of amides is 1. The second kappa shape index (κ2) is 6.78. The van der Waals surface area contributed by atoms with E-state index in [0.717, 1.165) is 6.42 Å². The molecule has 4 nitrogen and oxygen atoms in total. The molecule has 0 saturated heterocycles. The Morgan fingerprint density at radius 1 is 1.47 bits per heavy atom. The van der Waals surface area contributed by atoms with Crippen LogP contribution in [-0.2, 0) is 4.79 Å². The van der Waals surface area contributed by atoms with Gasteiger partial charge in [0.15, 0.2) is 0 Å². The lowest BCUT2D eigenvalue weighted by Crippen LogP contribution is -2.36. The molecule has 1 rings (SSSR count). The van der Waals surface area contributed by atoms with E-state index in [1.54, 1.807) is 32.0 Å². The van der Waals surface area contributed by atoms with Gasteiger partial charge >= 0.3 is 0 Å². The molecule has 1 aromatic carbocycles. The second-order valence-electron chi connectivity index (χ2n) is 5.20. The molecule has 5 heteroatoms. The average molecular weight is 285 g/mol. The quantitative estimate of drug-likeness (QED) is 0.843. The molecule has 0 bridgehead atoms. The summed E-state index contributed by atoms with van der Waals surface area (Å²) in [7, 11) is 0. The molecule has 0 fully saturated rings. The summed E-state index contributed by atoms with van der Waals surface area (Å²) in [5.74, 6) is 0.463. The Balaban J connectivity index is 2.80. The summed E-state index contributed by atoms with van der Waals surface area (Å²) in [6, 6.07) is 5.16. The van der Waals surface area contributed by atoms with Crippen LogP contribution in [-0.4, -0.2) is 18.1 Å². The van der Waals surface area contributed by atoms with Gasteiger partial charge in [0.05, 0.1) is 12.3 Å². The second-order valence-corrected chi connectivity index (χ2v) is 5.64. The molecule has 0 radical (unpaired) electrons. The van der Waals surface area contributed by atoms with E-state index in [4.69, 9.17) is 22.1 Å². The molecule has 0 aliphatic rings. The highest BCUT2D eigenvalue weighted by Crippen LogP contribution is 2.28. The normalized spacial score (nSPS) is 11.2. The van der Waals surface area contributed by atoms with Gasteiger partial charge < -0.3 is 15.8 Å². The van der Waals surface area contributed by atoms with Crippen LogP contribution in [0.1, 0.15) is 33.6 Å². The molecule has 0 aliphatic carbocycles. The monoisotopic (exact) mass is 284 g/mol. The van der Waals surface area contributed by atoms with Gasteiger partial charge in [0.2, 0.25) is 5.91 Å². The van der Waals surface area contributed by atoms with Crippen molar-refractivity contribution in [2.75, 3.05) is 11.9 Å². The van der Waals surface area contributed by atoms with Gasteiger partial charge in [-0.25, -0.2) is 0 Å². The first-order valence-corrected chi connectivity index (χ1v) is 6.70. The lowest BCUT2D eigenvalue weighted by molar-refractivity contribution is -0.117. The summed E-state index contributed by atoms with van der Waals surface area (Å²) < 4.78 is 5.57. The zero-order valence-electron chi connectivity index (χ0n) is 11.6. The van der Waals surface area contributed by atoms with Gasteiger partial charge in [0.25, 0.3) is 0 Å². The molecule has 0 atom stereocenters. The van der Waals surface area contributed by atoms with Crippen LogP contribution < -0.4 is 15.8 Å². The number of nitrogens with one attached hydrogen (secondary N) is 1. The van der Waals surface area contributed by atoms with Crippen molar-refractivity contribution in [2.24, 2.45) is 5.73 Å². The highest BCUT2D eigenvalue weighted by molar-refractivity contribution is 6.31. The zero-order valence-corrected chi connectivity index (χ0v) is 12.4. The number of halogens is 1. The number of nitrogens with two attached hydrogens (primary N) is 1. The molecule has 0 unspecified atom stereocenters. The van der Waals surface area contributed by atoms with E-state index in [-0.39, 0.29) is 12.3 Å². The van der Waals surface area contributed by atoms with Crippen LogP contribution in [0.4, 0.5) is 5.69 Å². The number of anilines is 1. The molecule has 0 aliphatic heterocycles. The minimum absolute atomic E-state index is 0.156. The van der Waals surface area contributed by atoms with Crippen molar-refractivity contribution in [1.82, 2.24) is 0 Å². The Hall–Kier alpha value is -1.26. The minimum Gasteiger partial charge on any atom is -0.491 e. The van der Waals surface area contributed by atoms with Crippen molar-refractivity contribution in [1.29, 1.82) is 0 Å². The van der Waals surface area contributed by atoms with Gasteiger partial charge in [0, 0.05) is 17.0 Å². The third kappa shape index (κ3) is 5.94. The predicted octanol–water partition coefficient (Wildman–Crippen LogP) is 3.19. The van der Waals surface area contributed by atoms with E-state index in [2.05, 4.69) is 5.32 Å². The minimum atomic E-state index is -0.549. The fourth-order valence-corrected chi connectivity index (χ4v) is 1.72. The Kier molecular flexibility index (Phi) is 5.63. The Bertz CT molecular complexity index is 442. The molecule has 0 heterocycles. The van der Waals surface area contributed by atoms with Crippen molar-refractivity contribution in [3.63, 3.8) is 0 Å². The Labute approximate surface area is 119 Å². The fourth-order valence-electron chi connectivity index (χ4n) is 1.55. The standard InChI is InChI=1S/C14H21ClN2O2/c1-4-7-19-12-6-5-10(15)8-11(12)17-13(18)9-14(2,3)16/h5-6,8H,4,7,9,16H2,1-3H3,(H,17,18). The summed E-state index contributed by atoms with van der Waals surface area (Å²) in [6.45, 7) is 6.22. The maximum absolute atomic E-state index is 11.9. The summed E-state index contributed by atoms with van der Waals surface area (Å²) in [5, 5.41) is 3.34. The highest BCUT2D eigenvalue weighted by atomic mass is 35.5. The number of carbonyl (C=O) groups excluding carboxylic acids is 1. The number of ether oxygens (including phenoxy) is 1. The fraction of sp³-hybridized carbons (Fsp3) is 0.500. The van der Waals surface area contributed by atoms with Crippen LogP contribution in [0.25, 0.3) is 0 Å². The number of rotatable bonds is 6. The number of hydrogen-bond acceptors (Lipinski definition) is 3. The van der Waals surface area contributed by atoms with E-state index in [1.807, 2.05) is 6.92 Å². The Morgan fingerprint density at radius 3 is 2.74 bits per heavy atom. The molecule has 0 aromatic heterocycles. The van der Waals surface area contributed by atoms with E-state index in [0.29, 0.717) is 23.1 Å². The SMILES string of the molecule is CCCOc1ccc(Cl)cc1NC(=O)CC(C)(C)N. The van der Waals surface area contributed by atoms with Crippen LogP contribution >= 0.6 is 11.6 Å². The van der Waals surface area contributed by atoms with Crippen LogP contribution in [0.3, 0.4) is 0 Å². The van der Waals surface area contributed by atoms with Gasteiger partial charge in [0.1, 0.15) is 5.75 Å². The topological polar surface area (TPSA) is 64.3 Å². The maximum Gasteiger partial charge on any atom is 0.226 e. The first-order valence-electron chi connectivity index (χ1n) is 6.33. The van der Waals surface area contributed by atoms with E-state index in [1.165, 1.54) is 0 Å². The molecule has 0 spiro atoms. The van der Waals surface area contributed by atoms with Gasteiger partial charge in [-0.05, 0) is 38.5 Å². The van der Waals surface area contributed by atoms with Crippen molar-refractivity contribution in [2.45, 2.75) is 39.2 Å². The van der Waals surface area contributed by atoms with Gasteiger partial charge in [-0.3, -0.25) is 4.79 Å². The van der Waals surface area contributed by atoms with E-state index >= 15 is 0 Å². The first-order chi connectivity index (χ1) is 8.81. The molecule has 0 saturated carbocycles. The number of carbonyl (C=O) groups is 1. The van der Waals surface area contributed by atoms with E-state index in [9.17, 15) is 4.79 Å². The van der Waals surface area contributed by atoms with E-state index < -0.39 is 5.54 Å². The van der Waals surface area contributed by atoms with Crippen LogP contribution in [0, 0.1) is 0 Å². The molecule has 1 amide bonds. The largest absolute Gasteiger partial charge is 0.491 e. The van der Waals surface area contributed by atoms with Gasteiger partial charge in [-0.1, -0.05) is 18.5 Å². The Morgan fingerprint density at radius 2 is 2.16 bits per heavy atom. The van der Waals surface area contributed by atoms with Crippen molar-refractivity contribution >= 4 is 23.2 Å². The van der Waals surface area contributed by atoms with Gasteiger partial charge in [-0.2, -0.15) is 0 Å². The summed E-state index contributed by atoms with van der Waals surface area (Å²) in [5.41, 5.74) is 5.85. The highest BCUT2D eigenvalue weighted by Gasteiger charge is 2.17. The van der Waals surface area contributed by atoms with Crippen LogP contribution in [0.5, 0.6) is 5.75 Å². The third-order valence-corrected chi connectivity index (χ3v) is 2.53. The van der Waals surface area contributed by atoms with Gasteiger partial charge in [-0.15, -0.1) is 0 Å². The molecular formula is C14H21ClN2O2. The zero-order chi connectivity index (χ0) is 14.5. The molecular weight excluding hydrogens is 264 g/mol. The maximum atomic E-state index is 11.9. The summed E-state index contributed by atoms with van der Waals surface area (Å²) in [6.07, 6.45) is 1.12. The van der Waals surface area contributed by atoms with Crippen molar-refractivity contribution < 1.29 is 9.53 Å². The van der Waals surface area contributed by atoms with Crippen molar-refractivity contribution in [3.8, 4) is 5.75 Å². The summed E-state index contributed by atoms with van der Waals surface area (Å²) in [4.78, 5) is 11.9.